The van der Waals surface area contributed by atoms with E-state index in [9.17, 15) is 40.7 Å². The Hall–Kier alpha value is -2.01. The van der Waals surface area contributed by atoms with Gasteiger partial charge in [-0.3, -0.25) is 14.4 Å². The number of rotatable bonds is 9. The molecule has 0 aromatic heterocycles. The van der Waals surface area contributed by atoms with Crippen LogP contribution in [0.1, 0.15) is 60.8 Å². The van der Waals surface area contributed by atoms with Crippen LogP contribution in [-0.4, -0.2) is 49.6 Å². The zero-order valence-electron chi connectivity index (χ0n) is 18.9. The van der Waals surface area contributed by atoms with Gasteiger partial charge >= 0.3 is 30.3 Å². The monoisotopic (exact) mass is 480 g/mol. The average molecular weight is 480 g/mol. The summed E-state index contributed by atoms with van der Waals surface area (Å²) in [4.78, 5) is 35.2. The summed E-state index contributed by atoms with van der Waals surface area (Å²) in [5.41, 5.74) is -0.526. The highest BCUT2D eigenvalue weighted by molar-refractivity contribution is 5.77. The molecule has 6 nitrogen and oxygen atoms in total. The van der Waals surface area contributed by atoms with Crippen LogP contribution >= 0.6 is 0 Å². The highest BCUT2D eigenvalue weighted by atomic mass is 19.4. The van der Waals surface area contributed by atoms with Crippen molar-refractivity contribution in [1.29, 1.82) is 0 Å². The molecule has 32 heavy (non-hydrogen) atoms. The van der Waals surface area contributed by atoms with Gasteiger partial charge in [0.15, 0.2) is 0 Å². The van der Waals surface area contributed by atoms with Crippen LogP contribution < -0.4 is 0 Å². The summed E-state index contributed by atoms with van der Waals surface area (Å²) in [6, 6.07) is 0. The highest BCUT2D eigenvalue weighted by Crippen LogP contribution is 2.37. The zero-order chi connectivity index (χ0) is 25.5. The summed E-state index contributed by atoms with van der Waals surface area (Å²) in [7, 11) is 0. The summed E-state index contributed by atoms with van der Waals surface area (Å²) in [5, 5.41) is 0. The summed E-state index contributed by atoms with van der Waals surface area (Å²) in [5.74, 6) is -3.85. The molecule has 1 unspecified atom stereocenters. The molecule has 0 N–H and O–H groups in total. The molecule has 0 fully saturated rings. The molecule has 0 heterocycles. The predicted octanol–water partition coefficient (Wildman–Crippen LogP) is 4.99. The van der Waals surface area contributed by atoms with E-state index in [1.807, 2.05) is 41.5 Å². The number of halogens is 6. The molecule has 0 rings (SSSR count). The largest absolute Gasteiger partial charge is 0.462 e. The molecule has 0 spiro atoms. The molecule has 12 heteroatoms. The van der Waals surface area contributed by atoms with Crippen molar-refractivity contribution in [2.75, 3.05) is 13.2 Å². The Bertz CT molecular complexity index is 629. The number of hydrogen-bond acceptors (Lipinski definition) is 6. The first-order valence-corrected chi connectivity index (χ1v) is 9.80. The van der Waals surface area contributed by atoms with E-state index in [0.29, 0.717) is 6.42 Å². The molecular formula is C20H30F6O6. The second-order valence-electron chi connectivity index (χ2n) is 9.52. The molecular weight excluding hydrogens is 450 g/mol. The lowest BCUT2D eigenvalue weighted by atomic mass is 9.72. The van der Waals surface area contributed by atoms with Crippen molar-refractivity contribution in [1.82, 2.24) is 0 Å². The van der Waals surface area contributed by atoms with Crippen molar-refractivity contribution in [3.8, 4) is 0 Å². The van der Waals surface area contributed by atoms with Crippen LogP contribution in [0.25, 0.3) is 0 Å². The number of esters is 3. The molecule has 0 aliphatic rings. The third-order valence-electron chi connectivity index (χ3n) is 4.11. The number of carbonyl (C=O) groups is 3. The Morgan fingerprint density at radius 1 is 0.719 bits per heavy atom. The Morgan fingerprint density at radius 2 is 1.16 bits per heavy atom. The summed E-state index contributed by atoms with van der Waals surface area (Å²) < 4.78 is 87.2. The van der Waals surface area contributed by atoms with Gasteiger partial charge in [0.05, 0.1) is 18.8 Å². The molecule has 188 valence electrons. The van der Waals surface area contributed by atoms with Gasteiger partial charge in [0, 0.05) is 0 Å². The maximum atomic E-state index is 12.4. The zero-order valence-corrected chi connectivity index (χ0v) is 18.9. The number of ether oxygens (including phenoxy) is 3. The SMILES string of the molecule is CC(C)(C)CC(C(=O)OCCOC(=O)CCC(=O)OC(C(F)(F)F)C(F)(F)F)C(C)(C)C. The van der Waals surface area contributed by atoms with E-state index in [-0.39, 0.29) is 24.0 Å². The van der Waals surface area contributed by atoms with Gasteiger partial charge in [-0.15, -0.1) is 0 Å². The quantitative estimate of drug-likeness (QED) is 0.200. The topological polar surface area (TPSA) is 78.9 Å². The van der Waals surface area contributed by atoms with E-state index in [1.54, 1.807) is 0 Å². The minimum Gasteiger partial charge on any atom is -0.462 e. The van der Waals surface area contributed by atoms with Gasteiger partial charge in [0.2, 0.25) is 0 Å². The lowest BCUT2D eigenvalue weighted by Gasteiger charge is -2.33. The van der Waals surface area contributed by atoms with Crippen molar-refractivity contribution in [2.45, 2.75) is 79.3 Å². The van der Waals surface area contributed by atoms with Gasteiger partial charge in [-0.05, 0) is 17.3 Å². The fraction of sp³-hybridized carbons (Fsp3) is 0.850. The first-order valence-electron chi connectivity index (χ1n) is 9.80. The molecule has 0 aromatic carbocycles. The second-order valence-corrected chi connectivity index (χ2v) is 9.52. The van der Waals surface area contributed by atoms with Crippen LogP contribution in [-0.2, 0) is 28.6 Å². The second kappa shape index (κ2) is 11.2. The van der Waals surface area contributed by atoms with E-state index < -0.39 is 55.1 Å². The standard InChI is InChI=1S/C20H30F6O6/c1-17(2,3)11-12(18(4,5)6)15(29)31-10-9-30-13(27)7-8-14(28)32-16(19(21,22)23)20(24,25)26/h12,16H,7-11H2,1-6H3. The molecule has 0 aromatic rings. The van der Waals surface area contributed by atoms with Crippen LogP contribution in [0.3, 0.4) is 0 Å². The smallest absolute Gasteiger partial charge is 0.434 e. The van der Waals surface area contributed by atoms with Crippen LogP contribution in [0.5, 0.6) is 0 Å². The van der Waals surface area contributed by atoms with Crippen LogP contribution in [0.4, 0.5) is 26.3 Å². The van der Waals surface area contributed by atoms with Crippen LogP contribution in [0.15, 0.2) is 0 Å². The minimum atomic E-state index is -5.84. The molecule has 0 bridgehead atoms. The summed E-state index contributed by atoms with van der Waals surface area (Å²) >= 11 is 0. The lowest BCUT2D eigenvalue weighted by molar-refractivity contribution is -0.313. The maximum Gasteiger partial charge on any atom is 0.434 e. The van der Waals surface area contributed by atoms with Crippen molar-refractivity contribution >= 4 is 17.9 Å². The fourth-order valence-corrected chi connectivity index (χ4v) is 2.54. The van der Waals surface area contributed by atoms with E-state index >= 15 is 0 Å². The third kappa shape index (κ3) is 12.1. The molecule has 0 saturated carbocycles. The number of alkyl halides is 6. The van der Waals surface area contributed by atoms with Crippen molar-refractivity contribution in [3.05, 3.63) is 0 Å². The number of hydrogen-bond donors (Lipinski definition) is 0. The van der Waals surface area contributed by atoms with E-state index in [1.165, 1.54) is 0 Å². The lowest BCUT2D eigenvalue weighted by Crippen LogP contribution is -2.45. The molecule has 1 atom stereocenters. The van der Waals surface area contributed by atoms with E-state index in [2.05, 4.69) is 9.47 Å². The van der Waals surface area contributed by atoms with E-state index in [4.69, 9.17) is 4.74 Å². The summed E-state index contributed by atoms with van der Waals surface area (Å²) in [6.07, 6.45) is -17.2. The fourth-order valence-electron chi connectivity index (χ4n) is 2.54. The van der Waals surface area contributed by atoms with Crippen molar-refractivity contribution in [3.63, 3.8) is 0 Å². The minimum absolute atomic E-state index is 0.144. The molecule has 0 amide bonds. The Labute approximate surface area is 182 Å². The molecule has 0 aliphatic heterocycles. The van der Waals surface area contributed by atoms with Crippen LogP contribution in [0.2, 0.25) is 0 Å². The van der Waals surface area contributed by atoms with Gasteiger partial charge in [-0.1, -0.05) is 41.5 Å². The maximum absolute atomic E-state index is 12.4. The molecule has 0 aliphatic carbocycles. The third-order valence-corrected chi connectivity index (χ3v) is 4.11. The summed E-state index contributed by atoms with van der Waals surface area (Å²) in [6.45, 7) is 10.9. The van der Waals surface area contributed by atoms with Gasteiger partial charge in [-0.2, -0.15) is 26.3 Å². The Balaban J connectivity index is 4.48. The predicted molar refractivity (Wildman–Crippen MR) is 100 cm³/mol. The van der Waals surface area contributed by atoms with Crippen LogP contribution in [0, 0.1) is 16.7 Å². The van der Waals surface area contributed by atoms with Crippen molar-refractivity contribution < 1.29 is 54.9 Å². The van der Waals surface area contributed by atoms with Gasteiger partial charge in [0.25, 0.3) is 6.10 Å². The Morgan fingerprint density at radius 3 is 1.56 bits per heavy atom. The first kappa shape index (κ1) is 30.0. The highest BCUT2D eigenvalue weighted by Gasteiger charge is 2.59. The van der Waals surface area contributed by atoms with E-state index in [0.717, 1.165) is 0 Å². The van der Waals surface area contributed by atoms with Crippen molar-refractivity contribution in [2.24, 2.45) is 16.7 Å². The molecule has 0 radical (unpaired) electrons. The van der Waals surface area contributed by atoms with Gasteiger partial charge < -0.3 is 14.2 Å². The molecule has 0 saturated heterocycles. The normalized spacial score (nSPS) is 14.2. The average Bonchev–Trinajstić information content (AvgIpc) is 2.55. The Kier molecular flexibility index (Phi) is 10.5. The van der Waals surface area contributed by atoms with Gasteiger partial charge in [0.1, 0.15) is 13.2 Å². The first-order chi connectivity index (χ1) is 14.1. The number of carbonyl (C=O) groups excluding carboxylic acids is 3. The van der Waals surface area contributed by atoms with Gasteiger partial charge in [-0.25, -0.2) is 0 Å².